The van der Waals surface area contributed by atoms with Gasteiger partial charge in [-0.15, -0.1) is 11.8 Å². The van der Waals surface area contributed by atoms with Gasteiger partial charge in [-0.05, 0) is 24.6 Å². The van der Waals surface area contributed by atoms with Gasteiger partial charge >= 0.3 is 0 Å². The Morgan fingerprint density at radius 2 is 1.92 bits per heavy atom. The van der Waals surface area contributed by atoms with Crippen LogP contribution in [0.15, 0.2) is 54.6 Å². The zero-order valence-electron chi connectivity index (χ0n) is 13.3. The molecule has 0 amide bonds. The van der Waals surface area contributed by atoms with Gasteiger partial charge in [-0.3, -0.25) is 4.79 Å². The number of carbonyl (C=O) groups is 1. The van der Waals surface area contributed by atoms with Crippen molar-refractivity contribution in [3.8, 4) is 6.07 Å². The number of hydrogen-bond acceptors (Lipinski definition) is 4. The number of hydrogen-bond donors (Lipinski definition) is 1. The van der Waals surface area contributed by atoms with Crippen molar-refractivity contribution >= 4 is 28.6 Å². The Morgan fingerprint density at radius 3 is 2.62 bits per heavy atom. The fourth-order valence-electron chi connectivity index (χ4n) is 2.48. The Hall–Kier alpha value is -2.58. The molecule has 0 aliphatic carbocycles. The SMILES string of the molecule is CC(SCc1ccccc1)C(=O)C(C#N)c1nc2ccccc2[nH]1. The minimum Gasteiger partial charge on any atom is -0.340 e. The summed E-state index contributed by atoms with van der Waals surface area (Å²) >= 11 is 1.54. The second-order valence-electron chi connectivity index (χ2n) is 5.54. The molecule has 0 saturated heterocycles. The predicted octanol–water partition coefficient (Wildman–Crippen LogP) is 4.06. The zero-order chi connectivity index (χ0) is 16.9. The maximum atomic E-state index is 12.7. The Labute approximate surface area is 144 Å². The lowest BCUT2D eigenvalue weighted by Gasteiger charge is -2.13. The fraction of sp³-hybridized carbons (Fsp3) is 0.211. The number of para-hydroxylation sites is 2. The van der Waals surface area contributed by atoms with E-state index in [0.29, 0.717) is 5.82 Å². The number of aromatic nitrogens is 2. The van der Waals surface area contributed by atoms with Crippen molar-refractivity contribution in [3.05, 3.63) is 66.0 Å². The quantitative estimate of drug-likeness (QED) is 0.737. The maximum absolute atomic E-state index is 12.7. The number of benzene rings is 2. The molecule has 2 unspecified atom stereocenters. The molecule has 1 aromatic heterocycles. The summed E-state index contributed by atoms with van der Waals surface area (Å²) in [5.74, 6) is 0.190. The van der Waals surface area contributed by atoms with Crippen LogP contribution in [0.4, 0.5) is 0 Å². The summed E-state index contributed by atoms with van der Waals surface area (Å²) in [7, 11) is 0. The number of nitrogens with zero attached hydrogens (tertiary/aromatic N) is 2. The van der Waals surface area contributed by atoms with Gasteiger partial charge < -0.3 is 4.98 Å². The molecule has 120 valence electrons. The topological polar surface area (TPSA) is 69.5 Å². The van der Waals surface area contributed by atoms with E-state index >= 15 is 0 Å². The molecule has 2 atom stereocenters. The first-order valence-electron chi connectivity index (χ1n) is 7.72. The van der Waals surface area contributed by atoms with E-state index in [1.807, 2.05) is 61.5 Å². The summed E-state index contributed by atoms with van der Waals surface area (Å²) in [5, 5.41) is 9.19. The van der Waals surface area contributed by atoms with Crippen LogP contribution in [0.1, 0.15) is 24.2 Å². The van der Waals surface area contributed by atoms with Gasteiger partial charge in [0, 0.05) is 5.75 Å². The molecular weight excluding hydrogens is 318 g/mol. The first-order valence-corrected chi connectivity index (χ1v) is 8.77. The number of ketones is 1. The van der Waals surface area contributed by atoms with Gasteiger partial charge in [0.05, 0.1) is 22.4 Å². The Balaban J connectivity index is 1.72. The third kappa shape index (κ3) is 3.50. The van der Waals surface area contributed by atoms with Crippen LogP contribution in [0.25, 0.3) is 11.0 Å². The summed E-state index contributed by atoms with van der Waals surface area (Å²) < 4.78 is 0. The molecule has 0 aliphatic heterocycles. The first-order chi connectivity index (χ1) is 11.7. The number of thioether (sulfide) groups is 1. The zero-order valence-corrected chi connectivity index (χ0v) is 14.1. The highest BCUT2D eigenvalue weighted by Gasteiger charge is 2.28. The molecule has 0 aliphatic rings. The van der Waals surface area contributed by atoms with Crippen LogP contribution in [0.2, 0.25) is 0 Å². The molecule has 3 aromatic rings. The smallest absolute Gasteiger partial charge is 0.170 e. The van der Waals surface area contributed by atoms with Gasteiger partial charge in [-0.25, -0.2) is 4.98 Å². The average Bonchev–Trinajstić information content (AvgIpc) is 3.04. The molecule has 0 fully saturated rings. The normalized spacial score (nSPS) is 13.3. The molecule has 1 heterocycles. The number of carbonyl (C=O) groups excluding carboxylic acids is 1. The van der Waals surface area contributed by atoms with E-state index in [1.54, 1.807) is 11.8 Å². The number of Topliss-reactive ketones (excluding diaryl/α,β-unsaturated/α-hetero) is 1. The third-order valence-electron chi connectivity index (χ3n) is 3.84. The van der Waals surface area contributed by atoms with Crippen LogP contribution < -0.4 is 0 Å². The molecule has 3 rings (SSSR count). The van der Waals surface area contributed by atoms with Crippen molar-refractivity contribution in [1.29, 1.82) is 5.26 Å². The van der Waals surface area contributed by atoms with Crippen molar-refractivity contribution in [2.75, 3.05) is 0 Å². The van der Waals surface area contributed by atoms with Crippen molar-refractivity contribution < 1.29 is 4.79 Å². The molecule has 4 nitrogen and oxygen atoms in total. The number of H-pyrrole nitrogens is 1. The standard InChI is InChI=1S/C19H17N3OS/c1-13(24-12-14-7-3-2-4-8-14)18(23)15(11-20)19-21-16-9-5-6-10-17(16)22-19/h2-10,13,15H,12H2,1H3,(H,21,22). The number of imidazole rings is 1. The van der Waals surface area contributed by atoms with E-state index in [1.165, 1.54) is 5.56 Å². The number of fused-ring (bicyclic) bond motifs is 1. The Morgan fingerprint density at radius 1 is 1.21 bits per heavy atom. The Bertz CT molecular complexity index is 849. The van der Waals surface area contributed by atoms with E-state index in [2.05, 4.69) is 16.0 Å². The fourth-order valence-corrected chi connectivity index (χ4v) is 3.42. The minimum absolute atomic E-state index is 0.113. The van der Waals surface area contributed by atoms with E-state index in [9.17, 15) is 10.1 Å². The van der Waals surface area contributed by atoms with E-state index in [4.69, 9.17) is 0 Å². The summed E-state index contributed by atoms with van der Waals surface area (Å²) in [6, 6.07) is 19.6. The summed E-state index contributed by atoms with van der Waals surface area (Å²) in [6.45, 7) is 1.85. The van der Waals surface area contributed by atoms with Gasteiger partial charge in [-0.2, -0.15) is 5.26 Å². The molecule has 0 bridgehead atoms. The monoisotopic (exact) mass is 335 g/mol. The molecule has 24 heavy (non-hydrogen) atoms. The van der Waals surface area contributed by atoms with E-state index in [-0.39, 0.29) is 11.0 Å². The van der Waals surface area contributed by atoms with Crippen LogP contribution in [0, 0.1) is 11.3 Å². The molecule has 1 N–H and O–H groups in total. The molecule has 0 radical (unpaired) electrons. The van der Waals surface area contributed by atoms with Crippen LogP contribution in [0.3, 0.4) is 0 Å². The molecule has 0 saturated carbocycles. The maximum Gasteiger partial charge on any atom is 0.170 e. The summed E-state index contributed by atoms with van der Waals surface area (Å²) in [5.41, 5.74) is 2.77. The molecular formula is C19H17N3OS. The summed E-state index contributed by atoms with van der Waals surface area (Å²) in [4.78, 5) is 20.2. The first kappa shape index (κ1) is 16.3. The average molecular weight is 335 g/mol. The predicted molar refractivity (Wildman–Crippen MR) is 96.7 cm³/mol. The van der Waals surface area contributed by atoms with Crippen LogP contribution >= 0.6 is 11.8 Å². The number of nitrogens with one attached hydrogen (secondary N) is 1. The second-order valence-corrected chi connectivity index (χ2v) is 6.87. The van der Waals surface area contributed by atoms with E-state index < -0.39 is 5.92 Å². The highest BCUT2D eigenvalue weighted by atomic mass is 32.2. The van der Waals surface area contributed by atoms with Gasteiger partial charge in [0.1, 0.15) is 5.82 Å². The lowest BCUT2D eigenvalue weighted by Crippen LogP contribution is -2.22. The van der Waals surface area contributed by atoms with Crippen molar-refractivity contribution in [2.24, 2.45) is 0 Å². The van der Waals surface area contributed by atoms with E-state index in [0.717, 1.165) is 16.8 Å². The van der Waals surface area contributed by atoms with Gasteiger partial charge in [0.15, 0.2) is 11.7 Å². The number of aromatic amines is 1. The Kier molecular flexibility index (Phi) is 4.97. The third-order valence-corrected chi connectivity index (χ3v) is 5.07. The van der Waals surface area contributed by atoms with Crippen molar-refractivity contribution in [2.45, 2.75) is 23.8 Å². The largest absolute Gasteiger partial charge is 0.340 e. The molecule has 0 spiro atoms. The minimum atomic E-state index is -0.865. The van der Waals surface area contributed by atoms with Crippen molar-refractivity contribution in [1.82, 2.24) is 9.97 Å². The van der Waals surface area contributed by atoms with Gasteiger partial charge in [0.2, 0.25) is 0 Å². The lowest BCUT2D eigenvalue weighted by atomic mass is 10.0. The highest BCUT2D eigenvalue weighted by Crippen LogP contribution is 2.25. The van der Waals surface area contributed by atoms with Crippen LogP contribution in [-0.2, 0) is 10.5 Å². The number of nitriles is 1. The highest BCUT2D eigenvalue weighted by molar-refractivity contribution is 7.99. The van der Waals surface area contributed by atoms with Crippen LogP contribution in [-0.4, -0.2) is 21.0 Å². The lowest BCUT2D eigenvalue weighted by molar-refractivity contribution is -0.118. The number of rotatable bonds is 6. The summed E-state index contributed by atoms with van der Waals surface area (Å²) in [6.07, 6.45) is 0. The second kappa shape index (κ2) is 7.33. The van der Waals surface area contributed by atoms with Gasteiger partial charge in [0.25, 0.3) is 0 Å². The molecule has 5 heteroatoms. The van der Waals surface area contributed by atoms with Crippen molar-refractivity contribution in [3.63, 3.8) is 0 Å². The van der Waals surface area contributed by atoms with Crippen LogP contribution in [0.5, 0.6) is 0 Å². The van der Waals surface area contributed by atoms with Gasteiger partial charge in [-0.1, -0.05) is 42.5 Å². The molecule has 2 aromatic carbocycles.